The first-order chi connectivity index (χ1) is 13.6. The second kappa shape index (κ2) is 7.86. The Kier molecular flexibility index (Phi) is 5.29. The van der Waals surface area contributed by atoms with Crippen LogP contribution in [0.2, 0.25) is 5.02 Å². The Morgan fingerprint density at radius 1 is 1.36 bits per heavy atom. The predicted molar refractivity (Wildman–Crippen MR) is 118 cm³/mol. The molecular weight excluding hydrogens is 390 g/mol. The SMILES string of the molecule is CCCCNC(=S)C1C=Cc2c(C(=O)c3c[nH]c4ncc(Cl)cc34)cccc21. The third kappa shape index (κ3) is 3.36. The molecule has 1 unspecified atom stereocenters. The zero-order valence-corrected chi connectivity index (χ0v) is 17.0. The number of hydrogen-bond donors (Lipinski definition) is 2. The quantitative estimate of drug-likeness (QED) is 0.330. The van der Waals surface area contributed by atoms with E-state index in [9.17, 15) is 4.79 Å². The van der Waals surface area contributed by atoms with E-state index in [1.807, 2.05) is 24.3 Å². The van der Waals surface area contributed by atoms with Gasteiger partial charge in [0.2, 0.25) is 0 Å². The molecule has 28 heavy (non-hydrogen) atoms. The maximum atomic E-state index is 13.3. The Balaban J connectivity index is 1.67. The van der Waals surface area contributed by atoms with Crippen LogP contribution in [0.3, 0.4) is 0 Å². The normalized spacial score (nSPS) is 15.0. The van der Waals surface area contributed by atoms with Gasteiger partial charge in [-0.05, 0) is 23.6 Å². The van der Waals surface area contributed by atoms with Crippen LogP contribution in [0.15, 0.2) is 42.7 Å². The number of aromatic amines is 1. The number of carbonyl (C=O) groups excluding carboxylic acids is 1. The molecule has 6 heteroatoms. The molecule has 4 rings (SSSR count). The molecule has 0 bridgehead atoms. The molecule has 0 amide bonds. The molecule has 2 heterocycles. The van der Waals surface area contributed by atoms with Gasteiger partial charge in [-0.15, -0.1) is 0 Å². The Hall–Kier alpha value is -2.50. The van der Waals surface area contributed by atoms with Gasteiger partial charge in [0.1, 0.15) is 5.65 Å². The van der Waals surface area contributed by atoms with E-state index in [0.29, 0.717) is 21.8 Å². The van der Waals surface area contributed by atoms with Crippen molar-refractivity contribution in [3.8, 4) is 0 Å². The van der Waals surface area contributed by atoms with E-state index in [-0.39, 0.29) is 11.7 Å². The van der Waals surface area contributed by atoms with Crippen molar-refractivity contribution in [2.75, 3.05) is 6.54 Å². The minimum atomic E-state index is -0.0534. The Bertz CT molecular complexity index is 1100. The van der Waals surface area contributed by atoms with Gasteiger partial charge in [-0.1, -0.05) is 67.5 Å². The number of rotatable bonds is 6. The van der Waals surface area contributed by atoms with Crippen LogP contribution in [-0.2, 0) is 0 Å². The van der Waals surface area contributed by atoms with Gasteiger partial charge in [0.15, 0.2) is 5.78 Å². The summed E-state index contributed by atoms with van der Waals surface area (Å²) in [5.74, 6) is -0.0454. The number of ketones is 1. The van der Waals surface area contributed by atoms with Crippen LogP contribution in [0.5, 0.6) is 0 Å². The molecule has 0 radical (unpaired) electrons. The van der Waals surface area contributed by atoms with E-state index in [4.69, 9.17) is 23.8 Å². The largest absolute Gasteiger partial charge is 0.379 e. The van der Waals surface area contributed by atoms with Crippen LogP contribution in [0.1, 0.15) is 52.7 Å². The van der Waals surface area contributed by atoms with Crippen LogP contribution in [0, 0.1) is 0 Å². The van der Waals surface area contributed by atoms with Gasteiger partial charge in [0.25, 0.3) is 0 Å². The number of fused-ring (bicyclic) bond motifs is 2. The summed E-state index contributed by atoms with van der Waals surface area (Å²) in [4.78, 5) is 21.4. The summed E-state index contributed by atoms with van der Waals surface area (Å²) in [6.07, 6.45) is 9.53. The highest BCUT2D eigenvalue weighted by molar-refractivity contribution is 7.80. The predicted octanol–water partition coefficient (Wildman–Crippen LogP) is 5.27. The standard InChI is InChI=1S/C22H20ClN3OS/c1-2-3-9-24-22(28)17-8-7-15-14(17)5-4-6-16(15)20(27)19-12-26-21-18(19)10-13(23)11-25-21/h4-8,10-12,17H,2-3,9H2,1H3,(H,24,28)(H,25,26). The van der Waals surface area contributed by atoms with Gasteiger partial charge in [0, 0.05) is 35.5 Å². The molecule has 0 saturated heterocycles. The molecule has 1 atom stereocenters. The maximum Gasteiger partial charge on any atom is 0.195 e. The molecule has 4 nitrogen and oxygen atoms in total. The van der Waals surface area contributed by atoms with Crippen molar-refractivity contribution in [1.29, 1.82) is 0 Å². The molecule has 3 aromatic rings. The van der Waals surface area contributed by atoms with Crippen molar-refractivity contribution in [2.24, 2.45) is 0 Å². The molecule has 1 aliphatic carbocycles. The number of benzene rings is 1. The Morgan fingerprint density at radius 2 is 2.21 bits per heavy atom. The molecule has 0 aliphatic heterocycles. The van der Waals surface area contributed by atoms with E-state index in [1.54, 1.807) is 18.5 Å². The van der Waals surface area contributed by atoms with Gasteiger partial charge >= 0.3 is 0 Å². The highest BCUT2D eigenvalue weighted by atomic mass is 35.5. The van der Waals surface area contributed by atoms with Gasteiger partial charge in [-0.3, -0.25) is 4.79 Å². The lowest BCUT2D eigenvalue weighted by Crippen LogP contribution is -2.27. The summed E-state index contributed by atoms with van der Waals surface area (Å²) in [6, 6.07) is 7.58. The van der Waals surface area contributed by atoms with E-state index < -0.39 is 0 Å². The topological polar surface area (TPSA) is 57.8 Å². The van der Waals surface area contributed by atoms with Gasteiger partial charge in [-0.25, -0.2) is 4.98 Å². The summed E-state index contributed by atoms with van der Waals surface area (Å²) in [6.45, 7) is 3.03. The lowest BCUT2D eigenvalue weighted by Gasteiger charge is -2.15. The van der Waals surface area contributed by atoms with Crippen LogP contribution >= 0.6 is 23.8 Å². The lowest BCUT2D eigenvalue weighted by molar-refractivity contribution is 0.104. The number of carbonyl (C=O) groups is 1. The van der Waals surface area contributed by atoms with Crippen molar-refractivity contribution in [1.82, 2.24) is 15.3 Å². The number of thiocarbonyl (C=S) groups is 1. The number of aromatic nitrogens is 2. The van der Waals surface area contributed by atoms with Gasteiger partial charge in [-0.2, -0.15) is 0 Å². The first-order valence-electron chi connectivity index (χ1n) is 9.36. The Morgan fingerprint density at radius 3 is 3.04 bits per heavy atom. The number of nitrogens with zero attached hydrogens (tertiary/aromatic N) is 1. The molecule has 2 N–H and O–H groups in total. The van der Waals surface area contributed by atoms with Gasteiger partial charge in [0.05, 0.1) is 15.9 Å². The summed E-state index contributed by atoms with van der Waals surface area (Å²) in [5.41, 5.74) is 3.87. The first-order valence-corrected chi connectivity index (χ1v) is 10.1. The average molecular weight is 410 g/mol. The third-order valence-corrected chi connectivity index (χ3v) is 5.63. The van der Waals surface area contributed by atoms with E-state index >= 15 is 0 Å². The minimum Gasteiger partial charge on any atom is -0.379 e. The van der Waals surface area contributed by atoms with E-state index in [1.165, 1.54) is 0 Å². The zero-order chi connectivity index (χ0) is 19.7. The Labute approximate surface area is 174 Å². The van der Waals surface area contributed by atoms with Crippen molar-refractivity contribution in [3.05, 3.63) is 70.0 Å². The fraction of sp³-hybridized carbons (Fsp3) is 0.227. The number of H-pyrrole nitrogens is 1. The van der Waals surface area contributed by atoms with E-state index in [2.05, 4.69) is 28.3 Å². The van der Waals surface area contributed by atoms with Crippen LogP contribution in [0.4, 0.5) is 0 Å². The lowest BCUT2D eigenvalue weighted by atomic mass is 9.93. The summed E-state index contributed by atoms with van der Waals surface area (Å²) in [5, 5.41) is 4.57. The van der Waals surface area contributed by atoms with Crippen molar-refractivity contribution < 1.29 is 4.79 Å². The fourth-order valence-corrected chi connectivity index (χ4v) is 4.04. The summed E-state index contributed by atoms with van der Waals surface area (Å²) in [7, 11) is 0. The minimum absolute atomic E-state index is 0.00804. The zero-order valence-electron chi connectivity index (χ0n) is 15.5. The maximum absolute atomic E-state index is 13.3. The highest BCUT2D eigenvalue weighted by Gasteiger charge is 2.26. The molecule has 1 aliphatic rings. The molecule has 1 aromatic carbocycles. The molecule has 2 aromatic heterocycles. The van der Waals surface area contributed by atoms with Crippen molar-refractivity contribution in [3.63, 3.8) is 0 Å². The number of hydrogen-bond acceptors (Lipinski definition) is 3. The number of nitrogens with one attached hydrogen (secondary N) is 2. The molecular formula is C22H20ClN3OS. The van der Waals surface area contributed by atoms with Crippen LogP contribution in [0.25, 0.3) is 17.1 Å². The van der Waals surface area contributed by atoms with Crippen LogP contribution in [-0.4, -0.2) is 27.3 Å². The number of halogens is 1. The number of pyridine rings is 1. The van der Waals surface area contributed by atoms with Crippen molar-refractivity contribution >= 4 is 51.7 Å². The summed E-state index contributed by atoms with van der Waals surface area (Å²) < 4.78 is 0. The smallest absolute Gasteiger partial charge is 0.195 e. The third-order valence-electron chi connectivity index (χ3n) is 5.03. The highest BCUT2D eigenvalue weighted by Crippen LogP contribution is 2.34. The molecule has 0 spiro atoms. The fourth-order valence-electron chi connectivity index (χ4n) is 3.57. The summed E-state index contributed by atoms with van der Waals surface area (Å²) >= 11 is 11.7. The second-order valence-corrected chi connectivity index (χ2v) is 7.75. The van der Waals surface area contributed by atoms with Crippen molar-refractivity contribution in [2.45, 2.75) is 25.7 Å². The molecule has 0 fully saturated rings. The second-order valence-electron chi connectivity index (χ2n) is 6.87. The van der Waals surface area contributed by atoms with E-state index in [0.717, 1.165) is 40.9 Å². The number of unbranched alkanes of at least 4 members (excludes halogenated alkanes) is 1. The average Bonchev–Trinajstić information content (AvgIpc) is 3.31. The van der Waals surface area contributed by atoms with Gasteiger partial charge < -0.3 is 10.3 Å². The monoisotopic (exact) mass is 409 g/mol. The first kappa shape index (κ1) is 18.8. The molecule has 142 valence electrons. The van der Waals surface area contributed by atoms with Crippen LogP contribution < -0.4 is 5.32 Å². The molecule has 0 saturated carbocycles.